The summed E-state index contributed by atoms with van der Waals surface area (Å²) in [5.74, 6) is -3.71. The average molecular weight is 564 g/mol. The van der Waals surface area contributed by atoms with Crippen LogP contribution in [0.2, 0.25) is 0 Å². The number of aromatic nitrogens is 6. The summed E-state index contributed by atoms with van der Waals surface area (Å²) in [6, 6.07) is 4.71. The molecular weight excluding hydrogens is 547 g/mol. The van der Waals surface area contributed by atoms with E-state index in [9.17, 15) is 27.6 Å². The molecule has 1 fully saturated rings. The van der Waals surface area contributed by atoms with Gasteiger partial charge in [-0.2, -0.15) is 24.1 Å². The number of benzene rings is 1. The average Bonchev–Trinajstić information content (AvgIpc) is 3.61. The molecule has 0 saturated carbocycles. The maximum atomic E-state index is 14.3. The molecule has 0 bridgehead atoms. The highest BCUT2D eigenvalue weighted by molar-refractivity contribution is 6.21. The number of anilines is 1. The largest absolute Gasteiger partial charge is 0.400 e. The highest BCUT2D eigenvalue weighted by atomic mass is 35.5. The molecule has 13 nitrogen and oxygen atoms in total. The van der Waals surface area contributed by atoms with E-state index in [-0.39, 0.29) is 12.1 Å². The number of alkyl halides is 4. The van der Waals surface area contributed by atoms with Gasteiger partial charge in [-0.15, -0.1) is 5.10 Å². The summed E-state index contributed by atoms with van der Waals surface area (Å²) in [5, 5.41) is 16.5. The van der Waals surface area contributed by atoms with E-state index >= 15 is 0 Å². The fraction of sp³-hybridized carbons (Fsp3) is 0.273. The molecule has 17 heteroatoms. The maximum Gasteiger partial charge on any atom is 0.399 e. The maximum absolute atomic E-state index is 14.3. The lowest BCUT2D eigenvalue weighted by atomic mass is 10.0. The number of rotatable bonds is 7. The zero-order chi connectivity index (χ0) is 27.9. The standard InChI is InChI=1S/C22H17ClF3N9O4/c23-22(25,26)20-31-32-21(39-20)30-19(38)15-6-12(24)8-34(15)16(36)9-35-14-2-1-10(11-3-4-28-29-7-11)5-13(14)17(33-35)18(27)37/h1-5,7,12,15H,6,8-9H2,(H2,27,37)(H,30,32,38). The quantitative estimate of drug-likeness (QED) is 0.318. The van der Waals surface area contributed by atoms with E-state index < -0.39 is 60.3 Å². The molecule has 39 heavy (non-hydrogen) atoms. The minimum Gasteiger partial charge on any atom is -0.400 e. The Balaban J connectivity index is 1.38. The van der Waals surface area contributed by atoms with Crippen molar-refractivity contribution in [1.29, 1.82) is 0 Å². The SMILES string of the molecule is NC(=O)c1nn(CC(=O)N2CC(F)CC2C(=O)Nc2nnc(C(F)(F)Cl)o2)c2ccc(-c3ccnnc3)cc12. The van der Waals surface area contributed by atoms with Gasteiger partial charge in [-0.05, 0) is 35.4 Å². The second-order valence-corrected chi connectivity index (χ2v) is 9.00. The molecule has 1 aliphatic rings. The number of nitrogens with two attached hydrogens (primary N) is 1. The monoisotopic (exact) mass is 563 g/mol. The van der Waals surface area contributed by atoms with E-state index in [2.05, 4.69) is 35.2 Å². The summed E-state index contributed by atoms with van der Waals surface area (Å²) in [6.07, 6.45) is 1.13. The van der Waals surface area contributed by atoms with Crippen molar-refractivity contribution in [2.75, 3.05) is 11.9 Å². The number of amides is 3. The summed E-state index contributed by atoms with van der Waals surface area (Å²) in [7, 11) is 0. The van der Waals surface area contributed by atoms with Crippen molar-refractivity contribution in [3.63, 3.8) is 0 Å². The number of primary amides is 1. The van der Waals surface area contributed by atoms with E-state index in [4.69, 9.17) is 17.3 Å². The van der Waals surface area contributed by atoms with Crippen LogP contribution in [0.1, 0.15) is 22.8 Å². The lowest BCUT2D eigenvalue weighted by Gasteiger charge is -2.23. The van der Waals surface area contributed by atoms with Crippen LogP contribution < -0.4 is 11.1 Å². The minimum atomic E-state index is -3.96. The van der Waals surface area contributed by atoms with E-state index in [0.29, 0.717) is 22.0 Å². The predicted octanol–water partition coefficient (Wildman–Crippen LogP) is 1.84. The molecule has 0 aliphatic carbocycles. The smallest absolute Gasteiger partial charge is 0.399 e. The van der Waals surface area contributed by atoms with Crippen LogP contribution in [0.15, 0.2) is 41.1 Å². The van der Waals surface area contributed by atoms with Gasteiger partial charge < -0.3 is 15.1 Å². The van der Waals surface area contributed by atoms with Gasteiger partial charge in [-0.25, -0.2) is 4.39 Å². The first kappa shape index (κ1) is 26.0. The molecule has 0 spiro atoms. The Morgan fingerprint density at radius 2 is 1.97 bits per heavy atom. The second-order valence-electron chi connectivity index (χ2n) is 8.53. The highest BCUT2D eigenvalue weighted by Gasteiger charge is 2.41. The van der Waals surface area contributed by atoms with E-state index in [0.717, 1.165) is 4.90 Å². The molecule has 4 heterocycles. The van der Waals surface area contributed by atoms with Crippen LogP contribution in [-0.2, 0) is 21.5 Å². The van der Waals surface area contributed by atoms with Crippen LogP contribution >= 0.6 is 11.6 Å². The van der Waals surface area contributed by atoms with Crippen molar-refractivity contribution in [2.45, 2.75) is 30.6 Å². The first-order chi connectivity index (χ1) is 18.5. The minimum absolute atomic E-state index is 0.0935. The number of fused-ring (bicyclic) bond motifs is 1. The summed E-state index contributed by atoms with van der Waals surface area (Å²) in [6.45, 7) is -0.869. The van der Waals surface area contributed by atoms with Gasteiger partial charge in [0, 0.05) is 17.4 Å². The molecule has 0 radical (unpaired) electrons. The van der Waals surface area contributed by atoms with Crippen LogP contribution in [0.5, 0.6) is 0 Å². The fourth-order valence-electron chi connectivity index (χ4n) is 4.23. The molecule has 4 aromatic rings. The summed E-state index contributed by atoms with van der Waals surface area (Å²) in [5.41, 5.74) is 7.21. The van der Waals surface area contributed by atoms with Crippen LogP contribution in [0, 0.1) is 0 Å². The Labute approximate surface area is 221 Å². The van der Waals surface area contributed by atoms with Crippen molar-refractivity contribution >= 4 is 46.2 Å². The van der Waals surface area contributed by atoms with Crippen molar-refractivity contribution < 1.29 is 32.0 Å². The number of likely N-dealkylation sites (tertiary alicyclic amines) is 1. The number of carbonyl (C=O) groups is 3. The number of nitrogens with zero attached hydrogens (tertiary/aromatic N) is 7. The number of carbonyl (C=O) groups excluding carboxylic acids is 3. The molecule has 5 rings (SSSR count). The normalized spacial score (nSPS) is 17.5. The van der Waals surface area contributed by atoms with Crippen molar-refractivity contribution in [1.82, 2.24) is 35.1 Å². The van der Waals surface area contributed by atoms with Gasteiger partial charge in [0.25, 0.3) is 11.8 Å². The first-order valence-electron chi connectivity index (χ1n) is 11.2. The van der Waals surface area contributed by atoms with Crippen molar-refractivity contribution in [2.24, 2.45) is 5.73 Å². The van der Waals surface area contributed by atoms with Gasteiger partial charge >= 0.3 is 17.3 Å². The van der Waals surface area contributed by atoms with Crippen LogP contribution in [0.25, 0.3) is 22.0 Å². The lowest BCUT2D eigenvalue weighted by Crippen LogP contribution is -2.44. The van der Waals surface area contributed by atoms with Gasteiger partial charge in [0.15, 0.2) is 5.69 Å². The summed E-state index contributed by atoms with van der Waals surface area (Å²) >= 11 is 4.81. The molecule has 2 atom stereocenters. The zero-order valence-corrected chi connectivity index (χ0v) is 20.3. The Bertz CT molecular complexity index is 1570. The molecular formula is C22H17ClF3N9O4. The van der Waals surface area contributed by atoms with Gasteiger partial charge in [0.2, 0.25) is 5.91 Å². The predicted molar refractivity (Wildman–Crippen MR) is 127 cm³/mol. The third-order valence-corrected chi connectivity index (χ3v) is 6.12. The van der Waals surface area contributed by atoms with Gasteiger partial charge in [-0.1, -0.05) is 11.2 Å². The second kappa shape index (κ2) is 9.94. The van der Waals surface area contributed by atoms with Crippen LogP contribution in [0.4, 0.5) is 19.2 Å². The third kappa shape index (κ3) is 5.22. The Morgan fingerprint density at radius 1 is 1.18 bits per heavy atom. The number of hydrogen-bond acceptors (Lipinski definition) is 9. The molecule has 3 N–H and O–H groups in total. The molecule has 3 amide bonds. The number of hydrogen-bond donors (Lipinski definition) is 2. The number of nitrogens with one attached hydrogen (secondary N) is 1. The van der Waals surface area contributed by atoms with Crippen molar-refractivity contribution in [3.8, 4) is 11.1 Å². The van der Waals surface area contributed by atoms with E-state index in [1.807, 2.05) is 0 Å². The molecule has 202 valence electrons. The van der Waals surface area contributed by atoms with Crippen LogP contribution in [-0.4, -0.2) is 71.6 Å². The van der Waals surface area contributed by atoms with Gasteiger partial charge in [0.05, 0.1) is 24.5 Å². The first-order valence-corrected chi connectivity index (χ1v) is 11.6. The number of halogens is 4. The van der Waals surface area contributed by atoms with E-state index in [1.54, 1.807) is 24.3 Å². The summed E-state index contributed by atoms with van der Waals surface area (Å²) in [4.78, 5) is 39.0. The zero-order valence-electron chi connectivity index (χ0n) is 19.6. The molecule has 1 aromatic carbocycles. The molecule has 2 unspecified atom stereocenters. The van der Waals surface area contributed by atoms with Crippen molar-refractivity contribution in [3.05, 3.63) is 48.2 Å². The molecule has 1 saturated heterocycles. The van der Waals surface area contributed by atoms with Gasteiger partial charge in [-0.3, -0.25) is 24.4 Å². The summed E-state index contributed by atoms with van der Waals surface area (Å²) < 4.78 is 46.4. The molecule has 1 aliphatic heterocycles. The highest BCUT2D eigenvalue weighted by Crippen LogP contribution is 2.32. The Morgan fingerprint density at radius 3 is 2.64 bits per heavy atom. The van der Waals surface area contributed by atoms with E-state index in [1.165, 1.54) is 17.1 Å². The topological polar surface area (TPSA) is 175 Å². The van der Waals surface area contributed by atoms with Crippen LogP contribution in [0.3, 0.4) is 0 Å². The van der Waals surface area contributed by atoms with Gasteiger partial charge in [0.1, 0.15) is 18.8 Å². The lowest BCUT2D eigenvalue weighted by molar-refractivity contribution is -0.137. The third-order valence-electron chi connectivity index (χ3n) is 5.96. The Kier molecular flexibility index (Phi) is 6.63. The molecule has 3 aromatic heterocycles. The fourth-order valence-corrected chi connectivity index (χ4v) is 4.30. The Hall–Kier alpha value is -4.60.